The van der Waals surface area contributed by atoms with Crippen molar-refractivity contribution in [1.82, 2.24) is 29.9 Å². The van der Waals surface area contributed by atoms with E-state index in [1.165, 1.54) is 43.5 Å². The number of hydrogen-bond donors (Lipinski definition) is 10. The quantitative estimate of drug-likeness (QED) is 0.0280. The molecule has 0 saturated heterocycles. The van der Waals surface area contributed by atoms with Crippen LogP contribution in [0.5, 0.6) is 17.2 Å². The van der Waals surface area contributed by atoms with E-state index in [0.29, 0.717) is 11.5 Å². The Labute approximate surface area is 495 Å². The van der Waals surface area contributed by atoms with Gasteiger partial charge in [-0.15, -0.1) is 15.3 Å². The molecule has 0 fully saturated rings. The Morgan fingerprint density at radius 1 is 0.639 bits per heavy atom. The van der Waals surface area contributed by atoms with Gasteiger partial charge in [-0.05, 0) is 108 Å². The Morgan fingerprint density at radius 3 is 1.86 bits per heavy atom. The number of fused-ring (bicyclic) bond motifs is 2. The summed E-state index contributed by atoms with van der Waals surface area (Å²) >= 11 is 6.24. The Bertz CT molecular complexity index is 4620. The number of anilines is 6. The number of nitrogens with one attached hydrogen (secondary N) is 4. The molecule has 83 heavy (non-hydrogen) atoms. The summed E-state index contributed by atoms with van der Waals surface area (Å²) in [4.78, 5) is 19.7. The van der Waals surface area contributed by atoms with Crippen LogP contribution in [-0.2, 0) is 50.3 Å². The van der Waals surface area contributed by atoms with E-state index in [-0.39, 0.29) is 80.8 Å². The summed E-state index contributed by atoms with van der Waals surface area (Å²) in [5, 5.41) is 48.1. The van der Waals surface area contributed by atoms with Gasteiger partial charge in [0.15, 0.2) is 21.3 Å². The van der Waals surface area contributed by atoms with Crippen LogP contribution in [0.3, 0.4) is 0 Å². The maximum absolute atomic E-state index is 14.9. The number of phenols is 2. The van der Waals surface area contributed by atoms with Crippen LogP contribution in [-0.4, -0.2) is 120 Å². The van der Waals surface area contributed by atoms with Crippen molar-refractivity contribution in [2.24, 2.45) is 20.5 Å². The van der Waals surface area contributed by atoms with E-state index >= 15 is 0 Å². The Kier molecular flexibility index (Phi) is 18.3. The van der Waals surface area contributed by atoms with Crippen LogP contribution in [0.1, 0.15) is 6.92 Å². The van der Waals surface area contributed by atoms with Crippen LogP contribution < -0.4 is 55.6 Å². The number of hydrogen-bond acceptors (Lipinski definition) is 27. The molecule has 8 rings (SSSR count). The Balaban J connectivity index is 0.00000990. The van der Waals surface area contributed by atoms with E-state index in [2.05, 4.69) is 78.2 Å². The first-order valence-corrected chi connectivity index (χ1v) is 29.9. The summed E-state index contributed by atoms with van der Waals surface area (Å²) in [7, 11) is -23.1. The van der Waals surface area contributed by atoms with E-state index in [1.807, 2.05) is 0 Å². The largest absolute Gasteiger partial charge is 1.00 e. The van der Waals surface area contributed by atoms with Crippen molar-refractivity contribution >= 4 is 141 Å². The number of benzene rings is 6. The molecule has 10 N–H and O–H groups in total. The third kappa shape index (κ3) is 14.7. The van der Waals surface area contributed by atoms with E-state index in [0.717, 1.165) is 42.5 Å². The fourth-order valence-corrected chi connectivity index (χ4v) is 10.7. The molecule has 1 unspecified atom stereocenters. The molecular weight excluding hydrogens is 1230 g/mol. The molecule has 0 amide bonds. The van der Waals surface area contributed by atoms with Crippen LogP contribution in [0, 0.1) is 6.08 Å². The maximum atomic E-state index is 14.9. The van der Waals surface area contributed by atoms with Gasteiger partial charge in [0, 0.05) is 40.5 Å². The maximum Gasteiger partial charge on any atom is 1.00 e. The molecule has 6 aromatic carbocycles. The third-order valence-electron chi connectivity index (χ3n) is 11.0. The van der Waals surface area contributed by atoms with Gasteiger partial charge in [-0.2, -0.15) is 73.1 Å². The molecule has 0 radical (unpaired) electrons. The van der Waals surface area contributed by atoms with Crippen LogP contribution >= 0.6 is 11.6 Å². The fraction of sp³-hybridized carbons (Fsp3) is 0.0909. The number of methoxy groups -OCH3 is 1. The summed E-state index contributed by atoms with van der Waals surface area (Å²) in [6.07, 6.45) is -1.29. The zero-order chi connectivity index (χ0) is 59.9. The van der Waals surface area contributed by atoms with Crippen LogP contribution in [0.4, 0.5) is 62.3 Å². The predicted octanol–water partition coefficient (Wildman–Crippen LogP) is 4.71. The molecular formula is C44H36ClFN14NaO17S5+. The minimum atomic E-state index is -5.27. The van der Waals surface area contributed by atoms with Crippen LogP contribution in [0.2, 0.25) is 5.28 Å². The monoisotopic (exact) mass is 1270 g/mol. The summed E-state index contributed by atoms with van der Waals surface area (Å²) in [5.41, 5.74) is -2.59. The van der Waals surface area contributed by atoms with Gasteiger partial charge in [-0.25, -0.2) is 8.42 Å². The number of phenolic OH excluding ortho intramolecular Hbond substituents is 2. The molecule has 39 heteroatoms. The fourth-order valence-electron chi connectivity index (χ4n) is 7.37. The number of nitrogens with zero attached hydrogens (tertiary/aromatic N) is 10. The summed E-state index contributed by atoms with van der Waals surface area (Å²) in [6.45, 7) is 4.69. The van der Waals surface area contributed by atoms with Gasteiger partial charge in [-0.3, -0.25) is 18.2 Å². The van der Waals surface area contributed by atoms with Gasteiger partial charge < -0.3 is 36.2 Å². The van der Waals surface area contributed by atoms with Gasteiger partial charge in [0.05, 0.1) is 28.3 Å². The minimum Gasteiger partial charge on any atom is -0.505 e. The normalized spacial score (nSPS) is 12.8. The van der Waals surface area contributed by atoms with Crippen molar-refractivity contribution in [2.45, 2.75) is 37.4 Å². The predicted molar refractivity (Wildman–Crippen MR) is 288 cm³/mol. The van der Waals surface area contributed by atoms with Crippen LogP contribution in [0.25, 0.3) is 21.5 Å². The second-order valence-corrected chi connectivity index (χ2v) is 24.5. The molecule has 1 atom stereocenters. The summed E-state index contributed by atoms with van der Waals surface area (Å²) in [5.74, 6) is -3.30. The summed E-state index contributed by atoms with van der Waals surface area (Å²) < 4.78 is 183. The number of rotatable bonds is 20. The number of halogens is 2. The molecule has 0 aliphatic carbocycles. The Hall–Kier alpha value is -7.79. The average Bonchev–Trinajstić information content (AvgIpc) is 1.95. The third-order valence-corrected chi connectivity index (χ3v) is 16.0. The topological polar surface area (TPSA) is 476 Å². The van der Waals surface area contributed by atoms with Crippen LogP contribution in [0.15, 0.2) is 142 Å². The number of azo groups is 2. The molecule has 8 aromatic rings. The molecule has 428 valence electrons. The molecule has 2 heterocycles. The van der Waals surface area contributed by atoms with E-state index < -0.39 is 144 Å². The van der Waals surface area contributed by atoms with Gasteiger partial charge in [-0.1, -0.05) is 6.58 Å². The van der Waals surface area contributed by atoms with Crippen molar-refractivity contribution in [2.75, 3.05) is 34.9 Å². The minimum absolute atomic E-state index is 0. The number of aromatic hydroxyl groups is 2. The molecule has 0 spiro atoms. The van der Waals surface area contributed by atoms with Crippen molar-refractivity contribution < 1.29 is 109 Å². The first-order chi connectivity index (χ1) is 38.3. The molecule has 0 bridgehead atoms. The molecule has 0 aliphatic heterocycles. The van der Waals surface area contributed by atoms with E-state index in [9.17, 15) is 74.9 Å². The van der Waals surface area contributed by atoms with Gasteiger partial charge in [0.1, 0.15) is 37.5 Å². The standard InChI is InChI=1S/C44H36ClFN14O17S5.Na/c1-4-78(63,64)26-9-5-23(6-10-26)57-59-36-33(82(74,75)76)16-22-14-27(79(65,66)67)18-30(34(22)38(36)62)50-44-52-39(45)51-42(56-44)48-20(2)19-47-41-53-40(46)54-43(55-41)49-24-7-11-28-21(13-24)15-32(81(71,72)73)35(37(28)61)60-58-29-12-8-25(77-3)17-31(29)80(68,69)70;/h4-18,20,61-62H,1,19H2,2-3H3,(H,65,66,67)(H,68,69,70)(H,71,72,73)(H,74,75,76)(H2,47,49,53,54,55)(H2,48,50,51,52,56);/q;+1. The Morgan fingerprint density at radius 2 is 1.23 bits per heavy atom. The van der Waals surface area contributed by atoms with Crippen molar-refractivity contribution in [3.63, 3.8) is 0 Å². The molecule has 0 saturated carbocycles. The van der Waals surface area contributed by atoms with Gasteiger partial charge >= 0.3 is 35.6 Å². The summed E-state index contributed by atoms with van der Waals surface area (Å²) in [6, 6.07) is 14.2. The smallest absolute Gasteiger partial charge is 0.505 e. The molecule has 2 aromatic heterocycles. The van der Waals surface area contributed by atoms with Gasteiger partial charge in [0.25, 0.3) is 40.5 Å². The SMILES string of the molecule is C=CS(=O)(=O)c1ccc(N=Nc2c(S(=O)(=O)O)cc3cc(S(=O)(=O)O)cc(Nc4nc(Cl)nc(NC(C)CNc5nc(F)nc(Nc6ccc7c(O)c(N=Nc8ccc(OC)cc8S(=O)(=O)O)c(S(=O)(=O)O)cc7c6)n5)n4)c3c2O)cc1.[Na+]. The number of aromatic nitrogens is 6. The second kappa shape index (κ2) is 24.2. The zero-order valence-electron chi connectivity index (χ0n) is 42.1. The van der Waals surface area contributed by atoms with Crippen molar-refractivity contribution in [3.8, 4) is 17.2 Å². The van der Waals surface area contributed by atoms with Crippen molar-refractivity contribution in [1.29, 1.82) is 0 Å². The molecule has 31 nitrogen and oxygen atoms in total. The van der Waals surface area contributed by atoms with Gasteiger partial charge in [0.2, 0.25) is 29.1 Å². The number of ether oxygens (including phenoxy) is 1. The molecule has 0 aliphatic rings. The number of sulfone groups is 1. The zero-order valence-corrected chi connectivity index (χ0v) is 48.9. The first kappa shape index (κ1) is 62.8. The van der Waals surface area contributed by atoms with Crippen molar-refractivity contribution in [3.05, 3.63) is 108 Å². The van der Waals surface area contributed by atoms with E-state index in [1.54, 1.807) is 6.92 Å². The second-order valence-electron chi connectivity index (χ2n) is 16.7. The average molecular weight is 1270 g/mol. The first-order valence-electron chi connectivity index (χ1n) is 22.2. The van der Waals surface area contributed by atoms with E-state index in [4.69, 9.17) is 16.3 Å².